The summed E-state index contributed by atoms with van der Waals surface area (Å²) in [7, 11) is 0. The smallest absolute Gasteiger partial charge is 0.266 e. The Morgan fingerprint density at radius 3 is 2.87 bits per heavy atom. The minimum Gasteiger partial charge on any atom is -0.491 e. The number of para-hydroxylation sites is 1. The second kappa shape index (κ2) is 9.70. The lowest BCUT2D eigenvalue weighted by Crippen LogP contribution is -2.26. The molecule has 3 rings (SSSR count). The highest BCUT2D eigenvalue weighted by atomic mass is 16.5. The molecule has 0 aliphatic heterocycles. The van der Waals surface area contributed by atoms with Gasteiger partial charge < -0.3 is 15.0 Å². The van der Waals surface area contributed by atoms with Gasteiger partial charge in [-0.1, -0.05) is 18.2 Å². The van der Waals surface area contributed by atoms with Gasteiger partial charge in [0.2, 0.25) is 5.91 Å². The molecule has 0 saturated heterocycles. The Hall–Kier alpha value is -3.66. The van der Waals surface area contributed by atoms with Crippen LogP contribution in [-0.4, -0.2) is 29.0 Å². The number of benzene rings is 1. The monoisotopic (exact) mass is 404 g/mol. The fourth-order valence-corrected chi connectivity index (χ4v) is 3.42. The van der Waals surface area contributed by atoms with Crippen LogP contribution >= 0.6 is 0 Å². The van der Waals surface area contributed by atoms with Crippen molar-refractivity contribution in [2.75, 3.05) is 13.2 Å². The molecule has 1 amide bonds. The molecule has 0 radical (unpaired) electrons. The topological polar surface area (TPSA) is 108 Å². The molecule has 0 aliphatic rings. The van der Waals surface area contributed by atoms with Gasteiger partial charge in [0.25, 0.3) is 5.56 Å². The first-order valence-electron chi connectivity index (χ1n) is 9.87. The predicted molar refractivity (Wildman–Crippen MR) is 114 cm³/mol. The first-order valence-corrected chi connectivity index (χ1v) is 9.87. The molecule has 0 unspecified atom stereocenters. The molecule has 0 saturated carbocycles. The molecule has 30 heavy (non-hydrogen) atoms. The van der Waals surface area contributed by atoms with Gasteiger partial charge in [0.1, 0.15) is 22.9 Å². The number of hydrogen-bond donors (Lipinski definition) is 2. The Kier molecular flexibility index (Phi) is 6.81. The lowest BCUT2D eigenvalue weighted by atomic mass is 9.99. The van der Waals surface area contributed by atoms with Gasteiger partial charge >= 0.3 is 0 Å². The molecule has 0 aliphatic carbocycles. The summed E-state index contributed by atoms with van der Waals surface area (Å²) in [5.74, 6) is 0.655. The maximum Gasteiger partial charge on any atom is 0.266 e. The number of carbonyl (C=O) groups is 1. The number of rotatable bonds is 8. The van der Waals surface area contributed by atoms with Crippen molar-refractivity contribution in [1.29, 1.82) is 5.26 Å². The first kappa shape index (κ1) is 21.1. The Morgan fingerprint density at radius 2 is 2.07 bits per heavy atom. The second-order valence-electron chi connectivity index (χ2n) is 7.05. The SMILES string of the molecule is Cc1[nH]c(=O)c(C#N)c(C)c1CCC(=O)NCCCOc1cccc2cccnc12. The molecule has 7 heteroatoms. The number of fused-ring (bicyclic) bond motifs is 1. The van der Waals surface area contributed by atoms with Gasteiger partial charge in [-0.25, -0.2) is 0 Å². The Labute approximate surface area is 174 Å². The third kappa shape index (κ3) is 4.84. The minimum absolute atomic E-state index is 0.0784. The van der Waals surface area contributed by atoms with Crippen LogP contribution in [0.5, 0.6) is 5.75 Å². The second-order valence-corrected chi connectivity index (χ2v) is 7.05. The van der Waals surface area contributed by atoms with E-state index in [1.807, 2.05) is 36.4 Å². The van der Waals surface area contributed by atoms with Gasteiger partial charge in [-0.3, -0.25) is 14.6 Å². The number of H-pyrrole nitrogens is 1. The number of aromatic amines is 1. The van der Waals surface area contributed by atoms with Crippen LogP contribution in [0.2, 0.25) is 0 Å². The highest BCUT2D eigenvalue weighted by Gasteiger charge is 2.13. The van der Waals surface area contributed by atoms with Crippen LogP contribution in [0, 0.1) is 25.2 Å². The van der Waals surface area contributed by atoms with Crippen LogP contribution in [0.4, 0.5) is 0 Å². The molecule has 0 spiro atoms. The van der Waals surface area contributed by atoms with Crippen LogP contribution in [-0.2, 0) is 11.2 Å². The van der Waals surface area contributed by atoms with Crippen molar-refractivity contribution < 1.29 is 9.53 Å². The quantitative estimate of drug-likeness (QED) is 0.561. The van der Waals surface area contributed by atoms with E-state index in [0.717, 1.165) is 22.2 Å². The van der Waals surface area contributed by atoms with Crippen molar-refractivity contribution in [3.63, 3.8) is 0 Å². The number of pyridine rings is 2. The fraction of sp³-hybridized carbons (Fsp3) is 0.304. The molecule has 2 heterocycles. The summed E-state index contributed by atoms with van der Waals surface area (Å²) >= 11 is 0. The van der Waals surface area contributed by atoms with Gasteiger partial charge in [-0.15, -0.1) is 0 Å². The van der Waals surface area contributed by atoms with E-state index < -0.39 is 0 Å². The fourth-order valence-electron chi connectivity index (χ4n) is 3.42. The molecule has 0 bridgehead atoms. The number of amides is 1. The van der Waals surface area contributed by atoms with Crippen molar-refractivity contribution in [3.8, 4) is 11.8 Å². The standard InChI is InChI=1S/C23H24N4O3/c1-15-18(16(2)27-23(29)19(15)14-24)9-10-21(28)25-12-5-13-30-20-8-3-6-17-7-4-11-26-22(17)20/h3-4,6-8,11H,5,9-10,12-13H2,1-2H3,(H,25,28)(H,27,29). The average Bonchev–Trinajstić information content (AvgIpc) is 2.73. The lowest BCUT2D eigenvalue weighted by Gasteiger charge is -2.11. The van der Waals surface area contributed by atoms with Crippen molar-refractivity contribution in [1.82, 2.24) is 15.3 Å². The maximum atomic E-state index is 12.2. The van der Waals surface area contributed by atoms with Crippen molar-refractivity contribution in [3.05, 3.63) is 69.3 Å². The molecule has 154 valence electrons. The largest absolute Gasteiger partial charge is 0.491 e. The molecule has 0 fully saturated rings. The zero-order valence-electron chi connectivity index (χ0n) is 17.1. The van der Waals surface area contributed by atoms with Crippen LogP contribution in [0.25, 0.3) is 10.9 Å². The molecular formula is C23H24N4O3. The molecule has 2 aromatic heterocycles. The van der Waals surface area contributed by atoms with E-state index >= 15 is 0 Å². The number of carbonyl (C=O) groups excluding carboxylic acids is 1. The number of hydrogen-bond acceptors (Lipinski definition) is 5. The highest BCUT2D eigenvalue weighted by molar-refractivity contribution is 5.84. The Morgan fingerprint density at radius 1 is 1.27 bits per heavy atom. The highest BCUT2D eigenvalue weighted by Crippen LogP contribution is 2.22. The lowest BCUT2D eigenvalue weighted by molar-refractivity contribution is -0.121. The Balaban J connectivity index is 1.45. The zero-order chi connectivity index (χ0) is 21.5. The summed E-state index contributed by atoms with van der Waals surface area (Å²) in [6.07, 6.45) is 3.16. The zero-order valence-corrected chi connectivity index (χ0v) is 17.1. The summed E-state index contributed by atoms with van der Waals surface area (Å²) in [6.45, 7) is 4.50. The molecule has 0 atom stereocenters. The van der Waals surface area contributed by atoms with E-state index in [1.165, 1.54) is 0 Å². The van der Waals surface area contributed by atoms with Gasteiger partial charge in [0.15, 0.2) is 0 Å². The van der Waals surface area contributed by atoms with E-state index in [0.29, 0.717) is 37.3 Å². The van der Waals surface area contributed by atoms with E-state index in [9.17, 15) is 9.59 Å². The van der Waals surface area contributed by atoms with E-state index in [1.54, 1.807) is 20.0 Å². The predicted octanol–water partition coefficient (Wildman–Crippen LogP) is 2.93. The number of ether oxygens (including phenoxy) is 1. The van der Waals surface area contributed by atoms with E-state index in [-0.39, 0.29) is 23.5 Å². The summed E-state index contributed by atoms with van der Waals surface area (Å²) < 4.78 is 5.82. The molecule has 3 aromatic rings. The van der Waals surface area contributed by atoms with Crippen LogP contribution in [0.3, 0.4) is 0 Å². The number of nitrogens with one attached hydrogen (secondary N) is 2. The third-order valence-corrected chi connectivity index (χ3v) is 5.02. The molecule has 2 N–H and O–H groups in total. The third-order valence-electron chi connectivity index (χ3n) is 5.02. The van der Waals surface area contributed by atoms with Gasteiger partial charge in [-0.05, 0) is 49.9 Å². The van der Waals surface area contributed by atoms with Crippen LogP contribution in [0.1, 0.15) is 35.2 Å². The number of aromatic nitrogens is 2. The number of aryl methyl sites for hydroxylation is 1. The molecular weight excluding hydrogens is 380 g/mol. The summed E-state index contributed by atoms with van der Waals surface area (Å²) in [6, 6.07) is 11.6. The number of nitriles is 1. The van der Waals surface area contributed by atoms with E-state index in [4.69, 9.17) is 10.00 Å². The van der Waals surface area contributed by atoms with Crippen molar-refractivity contribution >= 4 is 16.8 Å². The summed E-state index contributed by atoms with van der Waals surface area (Å²) in [5.41, 5.74) is 2.73. The summed E-state index contributed by atoms with van der Waals surface area (Å²) in [5, 5.41) is 13.0. The van der Waals surface area contributed by atoms with Crippen molar-refractivity contribution in [2.24, 2.45) is 0 Å². The van der Waals surface area contributed by atoms with Gasteiger partial charge in [-0.2, -0.15) is 5.26 Å². The van der Waals surface area contributed by atoms with Crippen molar-refractivity contribution in [2.45, 2.75) is 33.1 Å². The normalized spacial score (nSPS) is 10.6. The van der Waals surface area contributed by atoms with E-state index in [2.05, 4.69) is 15.3 Å². The number of nitrogens with zero attached hydrogens (tertiary/aromatic N) is 2. The summed E-state index contributed by atoms with van der Waals surface area (Å²) in [4.78, 5) is 31.0. The van der Waals surface area contributed by atoms with Gasteiger partial charge in [0.05, 0.1) is 6.61 Å². The Bertz CT molecular complexity index is 1160. The van der Waals surface area contributed by atoms with Crippen LogP contribution in [0.15, 0.2) is 41.3 Å². The molecule has 1 aromatic carbocycles. The molecule has 7 nitrogen and oxygen atoms in total. The van der Waals surface area contributed by atoms with Gasteiger partial charge in [0, 0.05) is 30.2 Å². The maximum absolute atomic E-state index is 12.2. The minimum atomic E-state index is -0.387. The first-order chi connectivity index (χ1) is 14.5. The average molecular weight is 404 g/mol. The van der Waals surface area contributed by atoms with Crippen LogP contribution < -0.4 is 15.6 Å².